The molecule has 0 saturated carbocycles. The van der Waals surface area contributed by atoms with Crippen LogP contribution in [0.1, 0.15) is 27.7 Å². The third kappa shape index (κ3) is 4.78. The van der Waals surface area contributed by atoms with Crippen molar-refractivity contribution in [3.05, 3.63) is 89.6 Å². The maximum atomic E-state index is 12.7. The average Bonchev–Trinajstić information content (AvgIpc) is 2.83. The van der Waals surface area contributed by atoms with Crippen LogP contribution in [0.5, 0.6) is 5.75 Å². The van der Waals surface area contributed by atoms with E-state index in [9.17, 15) is 4.79 Å². The molecule has 0 aliphatic carbocycles. The van der Waals surface area contributed by atoms with Crippen LogP contribution in [-0.4, -0.2) is 37.6 Å². The summed E-state index contributed by atoms with van der Waals surface area (Å²) in [5, 5.41) is 6.50. The normalized spacial score (nSPS) is 16.2. The Morgan fingerprint density at radius 1 is 1.13 bits per heavy atom. The minimum absolute atomic E-state index is 0.186. The van der Waals surface area contributed by atoms with Crippen molar-refractivity contribution in [3.63, 3.8) is 0 Å². The number of benzene rings is 2. The molecule has 3 aromatic rings. The Balaban J connectivity index is 1.42. The van der Waals surface area contributed by atoms with Crippen molar-refractivity contribution in [2.24, 2.45) is 0 Å². The highest BCUT2D eigenvalue weighted by Gasteiger charge is 2.22. The quantitative estimate of drug-likeness (QED) is 0.663. The maximum Gasteiger partial charge on any atom is 0.270 e. The fourth-order valence-electron chi connectivity index (χ4n) is 3.65. The van der Waals surface area contributed by atoms with Gasteiger partial charge in [0.05, 0.1) is 7.11 Å². The van der Waals surface area contributed by atoms with Crippen LogP contribution < -0.4 is 20.3 Å². The van der Waals surface area contributed by atoms with Gasteiger partial charge in [-0.25, -0.2) is 4.98 Å². The number of hydrogen-bond acceptors (Lipinski definition) is 5. The van der Waals surface area contributed by atoms with Gasteiger partial charge >= 0.3 is 0 Å². The molecular formula is C24H26N4O2. The molecule has 6 heteroatoms. The number of carbonyl (C=O) groups excluding carboxylic acids is 1. The van der Waals surface area contributed by atoms with Crippen LogP contribution in [0.15, 0.2) is 72.8 Å². The molecule has 2 heterocycles. The molecule has 1 unspecified atom stereocenters. The van der Waals surface area contributed by atoms with E-state index in [1.165, 1.54) is 5.56 Å². The van der Waals surface area contributed by atoms with E-state index >= 15 is 0 Å². The van der Waals surface area contributed by atoms with E-state index in [2.05, 4.69) is 44.8 Å². The zero-order chi connectivity index (χ0) is 20.8. The summed E-state index contributed by atoms with van der Waals surface area (Å²) >= 11 is 0. The number of anilines is 1. The predicted octanol–water partition coefficient (Wildman–Crippen LogP) is 3.17. The standard InChI is InChI=1S/C24H26N4O2/c1-30-20-10-5-7-18(15-20)16-26-24(29)21-11-6-12-23(27-21)28-14-13-25-22(17-28)19-8-3-2-4-9-19/h2-12,15,22,25H,13-14,16-17H2,1H3,(H,26,29). The molecule has 1 atom stereocenters. The van der Waals surface area contributed by atoms with Gasteiger partial charge in [0.25, 0.3) is 5.91 Å². The van der Waals surface area contributed by atoms with Crippen molar-refractivity contribution < 1.29 is 9.53 Å². The summed E-state index contributed by atoms with van der Waals surface area (Å²) in [6, 6.07) is 23.9. The molecule has 1 fully saturated rings. The van der Waals surface area contributed by atoms with Gasteiger partial charge in [-0.2, -0.15) is 0 Å². The fourth-order valence-corrected chi connectivity index (χ4v) is 3.65. The summed E-state index contributed by atoms with van der Waals surface area (Å²) < 4.78 is 5.23. The van der Waals surface area contributed by atoms with E-state index in [4.69, 9.17) is 4.74 Å². The predicted molar refractivity (Wildman–Crippen MR) is 118 cm³/mol. The van der Waals surface area contributed by atoms with Crippen molar-refractivity contribution in [1.29, 1.82) is 0 Å². The first kappa shape index (κ1) is 19.9. The van der Waals surface area contributed by atoms with E-state index in [0.717, 1.165) is 36.8 Å². The highest BCUT2D eigenvalue weighted by Crippen LogP contribution is 2.21. The summed E-state index contributed by atoms with van der Waals surface area (Å²) in [5.41, 5.74) is 2.66. The first-order chi connectivity index (χ1) is 14.7. The average molecular weight is 402 g/mol. The third-order valence-electron chi connectivity index (χ3n) is 5.26. The van der Waals surface area contributed by atoms with Crippen LogP contribution >= 0.6 is 0 Å². The lowest BCUT2D eigenvalue weighted by Gasteiger charge is -2.35. The van der Waals surface area contributed by atoms with Crippen molar-refractivity contribution in [2.75, 3.05) is 31.6 Å². The molecule has 1 aromatic heterocycles. The molecule has 1 aliphatic heterocycles. The third-order valence-corrected chi connectivity index (χ3v) is 5.26. The van der Waals surface area contributed by atoms with Gasteiger partial charge in [0.1, 0.15) is 17.3 Å². The smallest absolute Gasteiger partial charge is 0.270 e. The van der Waals surface area contributed by atoms with E-state index in [1.54, 1.807) is 13.2 Å². The first-order valence-electron chi connectivity index (χ1n) is 10.1. The van der Waals surface area contributed by atoms with Gasteiger partial charge < -0.3 is 20.3 Å². The number of ether oxygens (including phenoxy) is 1. The minimum atomic E-state index is -0.186. The number of pyridine rings is 1. The maximum absolute atomic E-state index is 12.7. The van der Waals surface area contributed by atoms with Gasteiger partial charge in [0.2, 0.25) is 0 Å². The molecule has 4 rings (SSSR count). The number of piperazine rings is 1. The number of aromatic nitrogens is 1. The number of rotatable bonds is 6. The number of amides is 1. The number of nitrogens with zero attached hydrogens (tertiary/aromatic N) is 2. The molecule has 2 N–H and O–H groups in total. The monoisotopic (exact) mass is 402 g/mol. The highest BCUT2D eigenvalue weighted by molar-refractivity contribution is 5.92. The van der Waals surface area contributed by atoms with Crippen molar-refractivity contribution in [2.45, 2.75) is 12.6 Å². The zero-order valence-electron chi connectivity index (χ0n) is 17.0. The van der Waals surface area contributed by atoms with Crippen LogP contribution in [-0.2, 0) is 6.54 Å². The number of nitrogens with one attached hydrogen (secondary N) is 2. The summed E-state index contributed by atoms with van der Waals surface area (Å²) in [6.45, 7) is 2.95. The van der Waals surface area contributed by atoms with E-state index < -0.39 is 0 Å². The largest absolute Gasteiger partial charge is 0.497 e. The van der Waals surface area contributed by atoms with Gasteiger partial charge in [-0.1, -0.05) is 48.5 Å². The van der Waals surface area contributed by atoms with Gasteiger partial charge in [-0.3, -0.25) is 4.79 Å². The molecule has 1 aliphatic rings. The number of hydrogen-bond donors (Lipinski definition) is 2. The van der Waals surface area contributed by atoms with Gasteiger partial charge in [-0.05, 0) is 35.4 Å². The SMILES string of the molecule is COc1cccc(CNC(=O)c2cccc(N3CCNC(c4ccccc4)C3)n2)c1. The molecule has 30 heavy (non-hydrogen) atoms. The Kier molecular flexibility index (Phi) is 6.25. The molecule has 0 spiro atoms. The van der Waals surface area contributed by atoms with Crippen LogP contribution in [0, 0.1) is 0 Å². The number of methoxy groups -OCH3 is 1. The lowest BCUT2D eigenvalue weighted by molar-refractivity contribution is 0.0946. The Hall–Kier alpha value is -3.38. The lowest BCUT2D eigenvalue weighted by atomic mass is 10.0. The minimum Gasteiger partial charge on any atom is -0.497 e. The summed E-state index contributed by atoms with van der Waals surface area (Å²) in [6.07, 6.45) is 0. The molecule has 2 aromatic carbocycles. The summed E-state index contributed by atoms with van der Waals surface area (Å²) in [5.74, 6) is 1.41. The van der Waals surface area contributed by atoms with Crippen LogP contribution in [0.3, 0.4) is 0 Å². The number of carbonyl (C=O) groups is 1. The Morgan fingerprint density at radius 3 is 2.80 bits per heavy atom. The van der Waals surface area contributed by atoms with Crippen LogP contribution in [0.25, 0.3) is 0 Å². The summed E-state index contributed by atoms with van der Waals surface area (Å²) in [4.78, 5) is 19.5. The van der Waals surface area contributed by atoms with Gasteiger partial charge in [-0.15, -0.1) is 0 Å². The Morgan fingerprint density at radius 2 is 1.97 bits per heavy atom. The molecule has 0 bridgehead atoms. The van der Waals surface area contributed by atoms with Crippen LogP contribution in [0.2, 0.25) is 0 Å². The van der Waals surface area contributed by atoms with Gasteiger partial charge in [0.15, 0.2) is 0 Å². The van der Waals surface area contributed by atoms with E-state index in [0.29, 0.717) is 12.2 Å². The molecule has 1 amide bonds. The molecule has 0 radical (unpaired) electrons. The zero-order valence-corrected chi connectivity index (χ0v) is 17.0. The van der Waals surface area contributed by atoms with Crippen LogP contribution in [0.4, 0.5) is 5.82 Å². The summed E-state index contributed by atoms with van der Waals surface area (Å²) in [7, 11) is 1.63. The molecule has 154 valence electrons. The first-order valence-corrected chi connectivity index (χ1v) is 10.1. The van der Waals surface area contributed by atoms with Crippen molar-refractivity contribution in [1.82, 2.24) is 15.6 Å². The van der Waals surface area contributed by atoms with Crippen molar-refractivity contribution in [3.8, 4) is 5.75 Å². The van der Waals surface area contributed by atoms with Gasteiger partial charge in [0, 0.05) is 32.2 Å². The lowest BCUT2D eigenvalue weighted by Crippen LogP contribution is -2.46. The Bertz CT molecular complexity index is 993. The molecule has 1 saturated heterocycles. The van der Waals surface area contributed by atoms with E-state index in [1.807, 2.05) is 42.5 Å². The topological polar surface area (TPSA) is 66.5 Å². The second-order valence-electron chi connectivity index (χ2n) is 7.28. The fraction of sp³-hybridized carbons (Fsp3) is 0.250. The molecule has 6 nitrogen and oxygen atoms in total. The molecular weight excluding hydrogens is 376 g/mol. The van der Waals surface area contributed by atoms with E-state index in [-0.39, 0.29) is 11.9 Å². The second kappa shape index (κ2) is 9.41. The van der Waals surface area contributed by atoms with Crippen molar-refractivity contribution >= 4 is 11.7 Å². The Labute approximate surface area is 176 Å². The second-order valence-corrected chi connectivity index (χ2v) is 7.28. The highest BCUT2D eigenvalue weighted by atomic mass is 16.5.